The summed E-state index contributed by atoms with van der Waals surface area (Å²) in [5.74, 6) is -0.213. The minimum Gasteiger partial charge on any atom is -0.302 e. The molecule has 0 heterocycles. The van der Waals surface area contributed by atoms with E-state index in [1.165, 1.54) is 11.8 Å². The quantitative estimate of drug-likeness (QED) is 0.812. The number of hydrogen-bond donors (Lipinski definition) is 0. The van der Waals surface area contributed by atoms with Crippen molar-refractivity contribution in [3.8, 4) is 0 Å². The Labute approximate surface area is 136 Å². The molecule has 3 nitrogen and oxygen atoms in total. The smallest absolute Gasteiger partial charge is 0.175 e. The molecular formula is C19H18O3S. The second kappa shape index (κ2) is 6.13. The molecule has 1 aliphatic rings. The fourth-order valence-electron chi connectivity index (χ4n) is 3.05. The van der Waals surface area contributed by atoms with E-state index in [0.29, 0.717) is 4.90 Å². The van der Waals surface area contributed by atoms with Gasteiger partial charge in [-0.15, -0.1) is 0 Å². The van der Waals surface area contributed by atoms with Crippen molar-refractivity contribution in [1.82, 2.24) is 0 Å². The SMILES string of the molecule is CS(=O)(=O)c1ccc(C=C2CCc3ccccc3C2C=O)cc1. The predicted molar refractivity (Wildman–Crippen MR) is 91.1 cm³/mol. The van der Waals surface area contributed by atoms with Gasteiger partial charge in [-0.2, -0.15) is 0 Å². The Hall–Kier alpha value is -2.20. The van der Waals surface area contributed by atoms with Crippen molar-refractivity contribution in [1.29, 1.82) is 0 Å². The maximum atomic E-state index is 11.6. The highest BCUT2D eigenvalue weighted by atomic mass is 32.2. The molecule has 2 aromatic rings. The minimum absolute atomic E-state index is 0.213. The molecule has 3 rings (SSSR count). The predicted octanol–water partition coefficient (Wildman–Crippen LogP) is 3.40. The van der Waals surface area contributed by atoms with Crippen LogP contribution >= 0.6 is 0 Å². The molecule has 0 amide bonds. The maximum Gasteiger partial charge on any atom is 0.175 e. The number of sulfone groups is 1. The first-order valence-electron chi connectivity index (χ1n) is 7.53. The third-order valence-electron chi connectivity index (χ3n) is 4.27. The second-order valence-corrected chi connectivity index (χ2v) is 7.89. The highest BCUT2D eigenvalue weighted by molar-refractivity contribution is 7.90. The largest absolute Gasteiger partial charge is 0.302 e. The van der Waals surface area contributed by atoms with Crippen LogP contribution in [0.4, 0.5) is 0 Å². The number of hydrogen-bond acceptors (Lipinski definition) is 3. The number of benzene rings is 2. The summed E-state index contributed by atoms with van der Waals surface area (Å²) in [5, 5.41) is 0. The number of carbonyl (C=O) groups is 1. The van der Waals surface area contributed by atoms with E-state index >= 15 is 0 Å². The summed E-state index contributed by atoms with van der Waals surface area (Å²) in [6, 6.07) is 14.8. The molecule has 2 aromatic carbocycles. The molecule has 23 heavy (non-hydrogen) atoms. The van der Waals surface area contributed by atoms with Gasteiger partial charge in [-0.25, -0.2) is 8.42 Å². The first-order chi connectivity index (χ1) is 11.0. The Bertz CT molecular complexity index is 862. The van der Waals surface area contributed by atoms with Crippen molar-refractivity contribution in [3.05, 3.63) is 70.8 Å². The summed E-state index contributed by atoms with van der Waals surface area (Å²) < 4.78 is 23.0. The third kappa shape index (κ3) is 3.27. The van der Waals surface area contributed by atoms with Crippen LogP contribution in [0, 0.1) is 0 Å². The van der Waals surface area contributed by atoms with Crippen molar-refractivity contribution >= 4 is 22.2 Å². The van der Waals surface area contributed by atoms with Gasteiger partial charge in [0.15, 0.2) is 9.84 Å². The van der Waals surface area contributed by atoms with Gasteiger partial charge in [-0.1, -0.05) is 48.0 Å². The fourth-order valence-corrected chi connectivity index (χ4v) is 3.68. The van der Waals surface area contributed by atoms with E-state index in [1.807, 2.05) is 24.3 Å². The molecule has 1 atom stereocenters. The van der Waals surface area contributed by atoms with Crippen LogP contribution in [0.3, 0.4) is 0 Å². The highest BCUT2D eigenvalue weighted by Crippen LogP contribution is 2.35. The molecule has 1 aliphatic carbocycles. The number of fused-ring (bicyclic) bond motifs is 1. The molecule has 0 spiro atoms. The Balaban J connectivity index is 1.95. The lowest BCUT2D eigenvalue weighted by atomic mass is 9.79. The summed E-state index contributed by atoms with van der Waals surface area (Å²) in [4.78, 5) is 11.9. The number of allylic oxidation sites excluding steroid dienone is 1. The van der Waals surface area contributed by atoms with Crippen molar-refractivity contribution in [2.45, 2.75) is 23.7 Å². The molecule has 0 bridgehead atoms. The lowest BCUT2D eigenvalue weighted by Crippen LogP contribution is -2.13. The van der Waals surface area contributed by atoms with E-state index in [-0.39, 0.29) is 5.92 Å². The second-order valence-electron chi connectivity index (χ2n) is 5.87. The molecule has 0 saturated heterocycles. The average Bonchev–Trinajstić information content (AvgIpc) is 2.54. The third-order valence-corrected chi connectivity index (χ3v) is 5.40. The normalized spacial score (nSPS) is 19.3. The van der Waals surface area contributed by atoms with Crippen LogP contribution in [0.5, 0.6) is 0 Å². The first-order valence-corrected chi connectivity index (χ1v) is 9.42. The molecule has 0 fully saturated rings. The zero-order valence-electron chi connectivity index (χ0n) is 12.9. The van der Waals surface area contributed by atoms with Crippen molar-refractivity contribution < 1.29 is 13.2 Å². The zero-order valence-corrected chi connectivity index (χ0v) is 13.7. The first kappa shape index (κ1) is 15.7. The Morgan fingerprint density at radius 2 is 1.70 bits per heavy atom. The van der Waals surface area contributed by atoms with Gasteiger partial charge in [-0.05, 0) is 41.7 Å². The number of carbonyl (C=O) groups excluding carboxylic acids is 1. The number of aryl methyl sites for hydroxylation is 1. The summed E-state index contributed by atoms with van der Waals surface area (Å²) >= 11 is 0. The molecule has 0 aromatic heterocycles. The molecule has 0 saturated carbocycles. The summed E-state index contributed by atoms with van der Waals surface area (Å²) in [6.45, 7) is 0. The molecule has 0 aliphatic heterocycles. The average molecular weight is 326 g/mol. The van der Waals surface area contributed by atoms with Crippen molar-refractivity contribution in [2.24, 2.45) is 0 Å². The fraction of sp³-hybridized carbons (Fsp3) is 0.211. The lowest BCUT2D eigenvalue weighted by Gasteiger charge is -2.24. The van der Waals surface area contributed by atoms with Gasteiger partial charge in [0.05, 0.1) is 10.8 Å². The van der Waals surface area contributed by atoms with Crippen LogP contribution in [-0.4, -0.2) is 21.0 Å². The topological polar surface area (TPSA) is 51.2 Å². The Morgan fingerprint density at radius 3 is 2.35 bits per heavy atom. The van der Waals surface area contributed by atoms with Crippen LogP contribution in [0.15, 0.2) is 59.0 Å². The van der Waals surface area contributed by atoms with Crippen LogP contribution in [0.1, 0.15) is 29.0 Å². The van der Waals surface area contributed by atoms with Crippen LogP contribution < -0.4 is 0 Å². The van der Waals surface area contributed by atoms with Crippen LogP contribution in [0.2, 0.25) is 0 Å². The molecule has 118 valence electrons. The standard InChI is InChI=1S/C19H18O3S/c1-23(21,22)17-10-6-14(7-11-17)12-16-9-8-15-4-2-3-5-18(15)19(16)13-20/h2-7,10-13,19H,8-9H2,1H3. The monoisotopic (exact) mass is 326 g/mol. The van der Waals surface area contributed by atoms with Gasteiger partial charge < -0.3 is 4.79 Å². The maximum absolute atomic E-state index is 11.6. The van der Waals surface area contributed by atoms with Crippen LogP contribution in [-0.2, 0) is 21.1 Å². The van der Waals surface area contributed by atoms with Gasteiger partial charge in [0.25, 0.3) is 0 Å². The van der Waals surface area contributed by atoms with Crippen molar-refractivity contribution in [3.63, 3.8) is 0 Å². The lowest BCUT2D eigenvalue weighted by molar-refractivity contribution is -0.108. The molecule has 1 unspecified atom stereocenters. The molecule has 0 radical (unpaired) electrons. The van der Waals surface area contributed by atoms with Crippen molar-refractivity contribution in [2.75, 3.05) is 6.26 Å². The number of aldehydes is 1. The van der Waals surface area contributed by atoms with Gasteiger partial charge in [0, 0.05) is 6.26 Å². The highest BCUT2D eigenvalue weighted by Gasteiger charge is 2.23. The summed E-state index contributed by atoms with van der Waals surface area (Å²) in [7, 11) is -3.18. The van der Waals surface area contributed by atoms with E-state index in [0.717, 1.165) is 35.8 Å². The summed E-state index contributed by atoms with van der Waals surface area (Å²) in [5.41, 5.74) is 4.30. The molecular weight excluding hydrogens is 308 g/mol. The molecule has 0 N–H and O–H groups in total. The Kier molecular flexibility index (Phi) is 4.18. The number of rotatable bonds is 3. The van der Waals surface area contributed by atoms with E-state index in [4.69, 9.17) is 0 Å². The minimum atomic E-state index is -3.18. The van der Waals surface area contributed by atoms with E-state index in [9.17, 15) is 13.2 Å². The van der Waals surface area contributed by atoms with Gasteiger partial charge in [-0.3, -0.25) is 0 Å². The van der Waals surface area contributed by atoms with Gasteiger partial charge in [0.2, 0.25) is 0 Å². The van der Waals surface area contributed by atoms with Crippen LogP contribution in [0.25, 0.3) is 6.08 Å². The Morgan fingerprint density at radius 1 is 1.00 bits per heavy atom. The van der Waals surface area contributed by atoms with E-state index in [1.54, 1.807) is 24.3 Å². The van der Waals surface area contributed by atoms with E-state index in [2.05, 4.69) is 6.07 Å². The van der Waals surface area contributed by atoms with E-state index < -0.39 is 9.84 Å². The molecule has 4 heteroatoms. The van der Waals surface area contributed by atoms with Gasteiger partial charge in [0.1, 0.15) is 6.29 Å². The van der Waals surface area contributed by atoms with Gasteiger partial charge >= 0.3 is 0 Å². The summed E-state index contributed by atoms with van der Waals surface area (Å²) in [6.07, 6.45) is 5.96. The zero-order chi connectivity index (χ0) is 16.4.